The number of amides is 1. The third-order valence-electron chi connectivity index (χ3n) is 3.60. The van der Waals surface area contributed by atoms with Crippen molar-refractivity contribution in [2.45, 2.75) is 19.9 Å². The van der Waals surface area contributed by atoms with E-state index in [0.717, 1.165) is 5.56 Å². The van der Waals surface area contributed by atoms with E-state index in [2.05, 4.69) is 20.6 Å². The van der Waals surface area contributed by atoms with E-state index in [1.807, 2.05) is 49.5 Å². The average molecular weight is 325 g/mol. The van der Waals surface area contributed by atoms with Gasteiger partial charge in [0.15, 0.2) is 5.82 Å². The highest BCUT2D eigenvalue weighted by molar-refractivity contribution is 5.78. The molecular formula is C17H19N5O2. The molecule has 3 aromatic rings. The van der Waals surface area contributed by atoms with Gasteiger partial charge < -0.3 is 9.84 Å². The van der Waals surface area contributed by atoms with Crippen LogP contribution in [-0.4, -0.2) is 32.4 Å². The maximum absolute atomic E-state index is 12.1. The van der Waals surface area contributed by atoms with Gasteiger partial charge in [-0.25, -0.2) is 0 Å². The molecule has 0 aliphatic rings. The summed E-state index contributed by atoms with van der Waals surface area (Å²) in [4.78, 5) is 16.4. The van der Waals surface area contributed by atoms with Crippen molar-refractivity contribution < 1.29 is 9.32 Å². The largest absolute Gasteiger partial charge is 0.355 e. The maximum Gasteiger partial charge on any atom is 0.257 e. The Bertz CT molecular complexity index is 767. The molecular weight excluding hydrogens is 306 g/mol. The Kier molecular flexibility index (Phi) is 5.00. The van der Waals surface area contributed by atoms with Crippen LogP contribution in [0.15, 0.2) is 53.3 Å². The zero-order chi connectivity index (χ0) is 16.8. The molecule has 1 atom stereocenters. The second kappa shape index (κ2) is 7.54. The Labute approximate surface area is 139 Å². The number of nitrogens with one attached hydrogen (secondary N) is 1. The molecule has 1 unspecified atom stereocenters. The van der Waals surface area contributed by atoms with Crippen LogP contribution in [0.25, 0.3) is 11.5 Å². The number of benzene rings is 1. The van der Waals surface area contributed by atoms with Crippen LogP contribution < -0.4 is 5.32 Å². The van der Waals surface area contributed by atoms with Crippen molar-refractivity contribution in [1.82, 2.24) is 25.2 Å². The number of nitrogens with zero attached hydrogens (tertiary/aromatic N) is 4. The van der Waals surface area contributed by atoms with Crippen molar-refractivity contribution in [2.24, 2.45) is 5.92 Å². The summed E-state index contributed by atoms with van der Waals surface area (Å²) in [6.45, 7) is 2.90. The molecule has 0 bridgehead atoms. The average Bonchev–Trinajstić information content (AvgIpc) is 3.27. The molecule has 0 radical (unpaired) electrons. The normalized spacial score (nSPS) is 12.0. The fraction of sp³-hybridized carbons (Fsp3) is 0.294. The summed E-state index contributed by atoms with van der Waals surface area (Å²) in [7, 11) is 0. The van der Waals surface area contributed by atoms with Gasteiger partial charge in [0.05, 0.1) is 12.5 Å². The summed E-state index contributed by atoms with van der Waals surface area (Å²) in [5.74, 6) is 0.894. The summed E-state index contributed by atoms with van der Waals surface area (Å²) in [6, 6.07) is 11.4. The van der Waals surface area contributed by atoms with Gasteiger partial charge in [-0.15, -0.1) is 0 Å². The SMILES string of the molecule is CC(Cn1cccn1)C(=O)NCCc1noc(-c2ccccc2)n1. The van der Waals surface area contributed by atoms with Gasteiger partial charge in [0.25, 0.3) is 5.89 Å². The standard InChI is InChI=1S/C17H19N5O2/c1-13(12-22-11-5-9-19-22)16(23)18-10-8-15-20-17(24-21-15)14-6-3-2-4-7-14/h2-7,9,11,13H,8,10,12H2,1H3,(H,18,23). The minimum Gasteiger partial charge on any atom is -0.355 e. The van der Waals surface area contributed by atoms with Gasteiger partial charge in [0.2, 0.25) is 5.91 Å². The summed E-state index contributed by atoms with van der Waals surface area (Å²) >= 11 is 0. The molecule has 0 fully saturated rings. The van der Waals surface area contributed by atoms with Crippen molar-refractivity contribution in [3.05, 3.63) is 54.6 Å². The molecule has 0 spiro atoms. The fourth-order valence-electron chi connectivity index (χ4n) is 2.30. The number of carbonyl (C=O) groups excluding carboxylic acids is 1. The molecule has 1 N–H and O–H groups in total. The molecule has 7 nitrogen and oxygen atoms in total. The van der Waals surface area contributed by atoms with Gasteiger partial charge >= 0.3 is 0 Å². The summed E-state index contributed by atoms with van der Waals surface area (Å²) in [6.07, 6.45) is 4.07. The topological polar surface area (TPSA) is 85.8 Å². The van der Waals surface area contributed by atoms with Gasteiger partial charge in [0.1, 0.15) is 0 Å². The summed E-state index contributed by atoms with van der Waals surface area (Å²) in [5, 5.41) is 10.9. The predicted octanol–water partition coefficient (Wildman–Crippen LogP) is 1.93. The highest BCUT2D eigenvalue weighted by atomic mass is 16.5. The number of aromatic nitrogens is 4. The molecule has 1 amide bonds. The van der Waals surface area contributed by atoms with E-state index in [-0.39, 0.29) is 11.8 Å². The van der Waals surface area contributed by atoms with Gasteiger partial charge in [-0.3, -0.25) is 9.48 Å². The van der Waals surface area contributed by atoms with E-state index in [4.69, 9.17) is 4.52 Å². The van der Waals surface area contributed by atoms with E-state index < -0.39 is 0 Å². The zero-order valence-electron chi connectivity index (χ0n) is 13.4. The lowest BCUT2D eigenvalue weighted by Gasteiger charge is -2.11. The predicted molar refractivity (Wildman–Crippen MR) is 87.8 cm³/mol. The van der Waals surface area contributed by atoms with Crippen molar-refractivity contribution in [2.75, 3.05) is 6.54 Å². The van der Waals surface area contributed by atoms with Gasteiger partial charge in [-0.2, -0.15) is 10.1 Å². The Morgan fingerprint density at radius 3 is 2.88 bits per heavy atom. The molecule has 0 saturated heterocycles. The Hall–Kier alpha value is -2.96. The minimum atomic E-state index is -0.157. The van der Waals surface area contributed by atoms with Gasteiger partial charge in [-0.05, 0) is 18.2 Å². The highest BCUT2D eigenvalue weighted by Gasteiger charge is 2.14. The van der Waals surface area contributed by atoms with Crippen molar-refractivity contribution in [3.8, 4) is 11.5 Å². The quantitative estimate of drug-likeness (QED) is 0.717. The molecule has 24 heavy (non-hydrogen) atoms. The fourth-order valence-corrected chi connectivity index (χ4v) is 2.30. The molecule has 0 aliphatic carbocycles. The monoisotopic (exact) mass is 325 g/mol. The third kappa shape index (κ3) is 4.07. The van der Waals surface area contributed by atoms with Crippen LogP contribution in [0.3, 0.4) is 0 Å². The lowest BCUT2D eigenvalue weighted by Crippen LogP contribution is -2.33. The number of rotatable bonds is 7. The Balaban J connectivity index is 1.46. The first-order valence-corrected chi connectivity index (χ1v) is 7.85. The first-order valence-electron chi connectivity index (χ1n) is 7.85. The summed E-state index contributed by atoms with van der Waals surface area (Å²) < 4.78 is 6.99. The van der Waals surface area contributed by atoms with Crippen molar-refractivity contribution in [1.29, 1.82) is 0 Å². The van der Waals surface area contributed by atoms with Crippen LogP contribution in [0.1, 0.15) is 12.7 Å². The van der Waals surface area contributed by atoms with Crippen LogP contribution in [0.2, 0.25) is 0 Å². The molecule has 2 heterocycles. The van der Waals surface area contributed by atoms with Crippen molar-refractivity contribution >= 4 is 5.91 Å². The lowest BCUT2D eigenvalue weighted by atomic mass is 10.1. The molecule has 1 aromatic carbocycles. The second-order valence-corrected chi connectivity index (χ2v) is 5.55. The maximum atomic E-state index is 12.1. The third-order valence-corrected chi connectivity index (χ3v) is 3.60. The number of carbonyl (C=O) groups is 1. The van der Waals surface area contributed by atoms with Crippen molar-refractivity contribution in [3.63, 3.8) is 0 Å². The van der Waals surface area contributed by atoms with E-state index in [1.54, 1.807) is 10.9 Å². The Morgan fingerprint density at radius 1 is 1.29 bits per heavy atom. The zero-order valence-corrected chi connectivity index (χ0v) is 13.4. The summed E-state index contributed by atoms with van der Waals surface area (Å²) in [5.41, 5.74) is 0.883. The van der Waals surface area contributed by atoms with Crippen LogP contribution >= 0.6 is 0 Å². The van der Waals surface area contributed by atoms with Gasteiger partial charge in [0, 0.05) is 30.9 Å². The van der Waals surface area contributed by atoms with Crippen LogP contribution in [0.4, 0.5) is 0 Å². The molecule has 2 aromatic heterocycles. The van der Waals surface area contributed by atoms with E-state index in [0.29, 0.717) is 31.2 Å². The van der Waals surface area contributed by atoms with E-state index in [9.17, 15) is 4.79 Å². The molecule has 7 heteroatoms. The van der Waals surface area contributed by atoms with Crippen LogP contribution in [-0.2, 0) is 17.8 Å². The van der Waals surface area contributed by atoms with Crippen LogP contribution in [0, 0.1) is 5.92 Å². The first kappa shape index (κ1) is 15.9. The first-order chi connectivity index (χ1) is 11.7. The smallest absolute Gasteiger partial charge is 0.257 e. The number of hydrogen-bond acceptors (Lipinski definition) is 5. The molecule has 124 valence electrons. The molecule has 0 saturated carbocycles. The number of hydrogen-bond donors (Lipinski definition) is 1. The lowest BCUT2D eigenvalue weighted by molar-refractivity contribution is -0.124. The van der Waals surface area contributed by atoms with E-state index in [1.165, 1.54) is 0 Å². The second-order valence-electron chi connectivity index (χ2n) is 5.55. The molecule has 3 rings (SSSR count). The van der Waals surface area contributed by atoms with Crippen LogP contribution in [0.5, 0.6) is 0 Å². The highest BCUT2D eigenvalue weighted by Crippen LogP contribution is 2.15. The van der Waals surface area contributed by atoms with E-state index >= 15 is 0 Å². The molecule has 0 aliphatic heterocycles. The Morgan fingerprint density at radius 2 is 2.12 bits per heavy atom. The van der Waals surface area contributed by atoms with Gasteiger partial charge in [-0.1, -0.05) is 30.3 Å². The minimum absolute atomic E-state index is 0.0164.